The van der Waals surface area contributed by atoms with E-state index >= 15 is 4.39 Å². The van der Waals surface area contributed by atoms with Crippen LogP contribution in [0.1, 0.15) is 29.3 Å². The third-order valence-corrected chi connectivity index (χ3v) is 8.69. The number of amides is 1. The van der Waals surface area contributed by atoms with Crippen LogP contribution in [0.15, 0.2) is 83.8 Å². The second-order valence-electron chi connectivity index (χ2n) is 10.00. The van der Waals surface area contributed by atoms with Crippen molar-refractivity contribution in [3.8, 4) is 0 Å². The van der Waals surface area contributed by atoms with Gasteiger partial charge in [0.2, 0.25) is 0 Å². The number of hydrogen-bond acceptors (Lipinski definition) is 5. The first-order valence-electron chi connectivity index (χ1n) is 13.5. The minimum atomic E-state index is -4.11. The average Bonchev–Trinajstić information content (AvgIpc) is 2.94. The van der Waals surface area contributed by atoms with Crippen molar-refractivity contribution in [3.05, 3.63) is 95.8 Å². The summed E-state index contributed by atoms with van der Waals surface area (Å²) in [6, 6.07) is 21.8. The van der Waals surface area contributed by atoms with Crippen LogP contribution in [-0.2, 0) is 10.0 Å². The molecule has 1 amide bonds. The van der Waals surface area contributed by atoms with Gasteiger partial charge in [-0.1, -0.05) is 55.5 Å². The van der Waals surface area contributed by atoms with Gasteiger partial charge in [0.05, 0.1) is 16.3 Å². The minimum Gasteiger partial charge on any atom is -0.365 e. The number of para-hydroxylation sites is 1. The van der Waals surface area contributed by atoms with Gasteiger partial charge in [-0.05, 0) is 55.8 Å². The summed E-state index contributed by atoms with van der Waals surface area (Å²) in [4.78, 5) is 17.3. The summed E-state index contributed by atoms with van der Waals surface area (Å²) >= 11 is 0. The average molecular weight is 561 g/mol. The second-order valence-corrected chi connectivity index (χ2v) is 11.6. The molecule has 0 aliphatic carbocycles. The van der Waals surface area contributed by atoms with Gasteiger partial charge < -0.3 is 10.2 Å². The van der Waals surface area contributed by atoms with E-state index in [1.165, 1.54) is 18.2 Å². The fourth-order valence-corrected chi connectivity index (χ4v) is 6.54. The van der Waals surface area contributed by atoms with Gasteiger partial charge in [0.15, 0.2) is 0 Å². The number of piperazine rings is 1. The quantitative estimate of drug-likeness (QED) is 0.282. The van der Waals surface area contributed by atoms with Gasteiger partial charge in [-0.3, -0.25) is 14.4 Å². The summed E-state index contributed by atoms with van der Waals surface area (Å²) in [6.45, 7) is 7.76. The van der Waals surface area contributed by atoms with E-state index in [0.717, 1.165) is 31.6 Å². The van der Waals surface area contributed by atoms with Crippen molar-refractivity contribution in [2.24, 2.45) is 0 Å². The lowest BCUT2D eigenvalue weighted by atomic mass is 10.1. The van der Waals surface area contributed by atoms with Crippen LogP contribution in [0, 0.1) is 12.7 Å². The van der Waals surface area contributed by atoms with E-state index in [0.29, 0.717) is 35.1 Å². The Morgan fingerprint density at radius 2 is 1.55 bits per heavy atom. The van der Waals surface area contributed by atoms with E-state index in [9.17, 15) is 13.2 Å². The fraction of sp³-hybridized carbons (Fsp3) is 0.258. The molecule has 0 radical (unpaired) electrons. The predicted molar refractivity (Wildman–Crippen MR) is 159 cm³/mol. The normalized spacial score (nSPS) is 14.3. The van der Waals surface area contributed by atoms with Gasteiger partial charge in [0, 0.05) is 48.2 Å². The Bertz CT molecular complexity index is 1650. The first-order valence-corrected chi connectivity index (χ1v) is 14.9. The number of carbonyl (C=O) groups is 1. The Morgan fingerprint density at radius 1 is 0.850 bits per heavy atom. The van der Waals surface area contributed by atoms with Gasteiger partial charge in [0.25, 0.3) is 15.9 Å². The molecule has 0 aromatic heterocycles. The molecule has 5 rings (SSSR count). The number of sulfonamides is 1. The van der Waals surface area contributed by atoms with E-state index in [2.05, 4.69) is 21.9 Å². The fourth-order valence-electron chi connectivity index (χ4n) is 5.26. The van der Waals surface area contributed by atoms with Crippen LogP contribution in [0.2, 0.25) is 0 Å². The van der Waals surface area contributed by atoms with Gasteiger partial charge in [-0.15, -0.1) is 0 Å². The van der Waals surface area contributed by atoms with Crippen LogP contribution in [0.25, 0.3) is 10.8 Å². The first-order chi connectivity index (χ1) is 19.3. The monoisotopic (exact) mass is 560 g/mol. The predicted octanol–water partition coefficient (Wildman–Crippen LogP) is 5.87. The molecule has 2 N–H and O–H groups in total. The standard InChI is InChI=1S/C31H33FN4O3S/c1-3-17-35-18-20-36(21-19-35)30-26(32)13-8-14-28(30)34-40(38,39)29-16-15-27(24-11-6-7-12-25(24)29)33-31(37)23-10-5-4-9-22(23)2/h4-16,34H,3,17-21H2,1-2H3,(H,33,37). The molecule has 1 heterocycles. The van der Waals surface area contributed by atoms with E-state index in [1.807, 2.05) is 24.0 Å². The number of anilines is 3. The van der Waals surface area contributed by atoms with Crippen molar-refractivity contribution in [1.82, 2.24) is 4.90 Å². The lowest BCUT2D eigenvalue weighted by molar-refractivity contribution is 0.102. The molecule has 0 saturated carbocycles. The Balaban J connectivity index is 1.46. The van der Waals surface area contributed by atoms with E-state index in [1.54, 1.807) is 48.5 Å². The lowest BCUT2D eigenvalue weighted by Gasteiger charge is -2.37. The Hall–Kier alpha value is -3.95. The summed E-state index contributed by atoms with van der Waals surface area (Å²) in [7, 11) is -4.11. The van der Waals surface area contributed by atoms with Gasteiger partial charge in [-0.2, -0.15) is 0 Å². The molecule has 0 unspecified atom stereocenters. The summed E-state index contributed by atoms with van der Waals surface area (Å²) in [6.07, 6.45) is 1.05. The molecule has 1 aliphatic heterocycles. The highest BCUT2D eigenvalue weighted by Gasteiger charge is 2.26. The summed E-state index contributed by atoms with van der Waals surface area (Å²) in [5, 5.41) is 3.96. The SMILES string of the molecule is CCCN1CCN(c2c(F)cccc2NS(=O)(=O)c2ccc(NC(=O)c3ccccc3C)c3ccccc23)CC1. The third-order valence-electron chi connectivity index (χ3n) is 7.27. The molecule has 1 aliphatic rings. The molecule has 0 atom stereocenters. The first kappa shape index (κ1) is 27.6. The molecule has 4 aromatic carbocycles. The van der Waals surface area contributed by atoms with Crippen LogP contribution < -0.4 is 14.9 Å². The molecule has 4 aromatic rings. The molecule has 0 spiro atoms. The van der Waals surface area contributed by atoms with Gasteiger partial charge in [0.1, 0.15) is 5.82 Å². The number of carbonyl (C=O) groups excluding carboxylic acids is 1. The van der Waals surface area contributed by atoms with Crippen molar-refractivity contribution in [2.45, 2.75) is 25.2 Å². The second kappa shape index (κ2) is 11.7. The molecule has 7 nitrogen and oxygen atoms in total. The molecular formula is C31H33FN4O3S. The maximum Gasteiger partial charge on any atom is 0.262 e. The van der Waals surface area contributed by atoms with Crippen molar-refractivity contribution < 1.29 is 17.6 Å². The topological polar surface area (TPSA) is 81.8 Å². The van der Waals surface area contributed by atoms with E-state index in [-0.39, 0.29) is 22.2 Å². The smallest absolute Gasteiger partial charge is 0.262 e. The number of benzene rings is 4. The number of halogens is 1. The number of aryl methyl sites for hydroxylation is 1. The van der Waals surface area contributed by atoms with Crippen molar-refractivity contribution in [3.63, 3.8) is 0 Å². The highest BCUT2D eigenvalue weighted by molar-refractivity contribution is 7.93. The van der Waals surface area contributed by atoms with Crippen LogP contribution in [-0.4, -0.2) is 51.9 Å². The lowest BCUT2D eigenvalue weighted by Crippen LogP contribution is -2.47. The van der Waals surface area contributed by atoms with Gasteiger partial charge >= 0.3 is 0 Å². The zero-order valence-corrected chi connectivity index (χ0v) is 23.5. The largest absolute Gasteiger partial charge is 0.365 e. The number of rotatable bonds is 8. The third kappa shape index (κ3) is 5.66. The Morgan fingerprint density at radius 3 is 2.27 bits per heavy atom. The van der Waals surface area contributed by atoms with Crippen LogP contribution in [0.3, 0.4) is 0 Å². The molecule has 1 saturated heterocycles. The molecule has 208 valence electrons. The van der Waals surface area contributed by atoms with Crippen molar-refractivity contribution in [1.29, 1.82) is 0 Å². The molecular weight excluding hydrogens is 527 g/mol. The summed E-state index contributed by atoms with van der Waals surface area (Å²) in [5.74, 6) is -0.747. The van der Waals surface area contributed by atoms with Crippen molar-refractivity contribution in [2.75, 3.05) is 47.7 Å². The zero-order valence-electron chi connectivity index (χ0n) is 22.7. The summed E-state index contributed by atoms with van der Waals surface area (Å²) < 4.78 is 45.3. The molecule has 40 heavy (non-hydrogen) atoms. The Kier molecular flexibility index (Phi) is 8.04. The van der Waals surface area contributed by atoms with Crippen LogP contribution >= 0.6 is 0 Å². The van der Waals surface area contributed by atoms with Crippen LogP contribution in [0.4, 0.5) is 21.5 Å². The molecule has 1 fully saturated rings. The maximum atomic E-state index is 15.1. The number of hydrogen-bond donors (Lipinski definition) is 2. The van der Waals surface area contributed by atoms with Crippen molar-refractivity contribution >= 4 is 43.8 Å². The Labute approximate surface area is 234 Å². The highest BCUT2D eigenvalue weighted by atomic mass is 32.2. The molecule has 0 bridgehead atoms. The zero-order chi connectivity index (χ0) is 28.3. The van der Waals surface area contributed by atoms with E-state index in [4.69, 9.17) is 0 Å². The number of fused-ring (bicyclic) bond motifs is 1. The number of nitrogens with one attached hydrogen (secondary N) is 2. The number of nitrogens with zero attached hydrogens (tertiary/aromatic N) is 2. The van der Waals surface area contributed by atoms with Crippen LogP contribution in [0.5, 0.6) is 0 Å². The minimum absolute atomic E-state index is 0.0416. The molecule has 9 heteroatoms. The highest BCUT2D eigenvalue weighted by Crippen LogP contribution is 2.35. The van der Waals surface area contributed by atoms with E-state index < -0.39 is 15.8 Å². The maximum absolute atomic E-state index is 15.1. The van der Waals surface area contributed by atoms with Gasteiger partial charge in [-0.25, -0.2) is 12.8 Å². The summed E-state index contributed by atoms with van der Waals surface area (Å²) in [5.41, 5.74) is 2.34.